The van der Waals surface area contributed by atoms with E-state index < -0.39 is 5.91 Å². The van der Waals surface area contributed by atoms with Crippen molar-refractivity contribution in [2.75, 3.05) is 0 Å². The van der Waals surface area contributed by atoms with E-state index in [0.717, 1.165) is 0 Å². The Morgan fingerprint density at radius 3 is 2.75 bits per heavy atom. The number of imidazole rings is 1. The Morgan fingerprint density at radius 2 is 2.33 bits per heavy atom. The van der Waals surface area contributed by atoms with Crippen molar-refractivity contribution in [2.45, 2.75) is 6.92 Å². The lowest BCUT2D eigenvalue weighted by Gasteiger charge is -1.85. The number of aromatic nitrogens is 2. The van der Waals surface area contributed by atoms with E-state index in [-0.39, 0.29) is 11.6 Å². The highest BCUT2D eigenvalue weighted by molar-refractivity contribution is 5.92. The average molecular weight is 168 g/mol. The first-order valence-corrected chi connectivity index (χ1v) is 3.12. The number of nitrogens with one attached hydrogen (secondary N) is 1. The zero-order valence-electron chi connectivity index (χ0n) is 6.40. The fraction of sp³-hybridized carbons (Fsp3) is 0.200. The second-order valence-corrected chi connectivity index (χ2v) is 2.11. The number of hydrogen-bond acceptors (Lipinski definition) is 4. The van der Waals surface area contributed by atoms with Gasteiger partial charge in [0, 0.05) is 5.69 Å². The number of rotatable bonds is 2. The van der Waals surface area contributed by atoms with Crippen LogP contribution < -0.4 is 11.6 Å². The third-order valence-corrected chi connectivity index (χ3v) is 1.26. The molecule has 1 rings (SSSR count). The molecule has 1 heterocycles. The molecular formula is C5H8N6O. The summed E-state index contributed by atoms with van der Waals surface area (Å²) in [5, 5.41) is 6.40. The van der Waals surface area contributed by atoms with E-state index in [1.807, 2.05) is 0 Å². The number of H-pyrrole nitrogens is 1. The second-order valence-electron chi connectivity index (χ2n) is 2.11. The molecule has 1 amide bonds. The van der Waals surface area contributed by atoms with Crippen molar-refractivity contribution in [3.8, 4) is 0 Å². The quantitative estimate of drug-likeness (QED) is 0.321. The maximum absolute atomic E-state index is 10.7. The molecule has 0 atom stereocenters. The number of carbonyl (C=O) groups is 1. The van der Waals surface area contributed by atoms with E-state index in [0.29, 0.717) is 5.69 Å². The predicted molar refractivity (Wildman–Crippen MR) is 40.5 cm³/mol. The smallest absolute Gasteiger partial charge is 0.269 e. The largest absolute Gasteiger partial charge is 0.364 e. The van der Waals surface area contributed by atoms with Crippen molar-refractivity contribution in [1.82, 2.24) is 9.97 Å². The van der Waals surface area contributed by atoms with E-state index in [4.69, 9.17) is 11.6 Å². The highest BCUT2D eigenvalue weighted by Gasteiger charge is 2.10. The molecule has 7 nitrogen and oxygen atoms in total. The molecule has 12 heavy (non-hydrogen) atoms. The number of amides is 1. The molecule has 7 heteroatoms. The first kappa shape index (κ1) is 8.18. The van der Waals surface area contributed by atoms with Gasteiger partial charge in [-0.15, -0.1) is 0 Å². The second kappa shape index (κ2) is 2.99. The van der Waals surface area contributed by atoms with Gasteiger partial charge in [0.05, 0.1) is 0 Å². The average Bonchev–Trinajstić information content (AvgIpc) is 2.32. The Morgan fingerprint density at radius 1 is 1.67 bits per heavy atom. The Labute approximate surface area is 67.8 Å². The zero-order valence-corrected chi connectivity index (χ0v) is 6.40. The summed E-state index contributed by atoms with van der Waals surface area (Å²) in [4.78, 5) is 17.1. The van der Waals surface area contributed by atoms with E-state index in [9.17, 15) is 4.79 Å². The molecule has 0 saturated heterocycles. The molecular weight excluding hydrogens is 160 g/mol. The SMILES string of the molecule is Cc1[nH]c(N=NN)nc1C(N)=O. The molecule has 1 aromatic heterocycles. The van der Waals surface area contributed by atoms with Crippen LogP contribution in [0.2, 0.25) is 0 Å². The topological polar surface area (TPSA) is 123 Å². The van der Waals surface area contributed by atoms with E-state index in [2.05, 4.69) is 20.3 Å². The third kappa shape index (κ3) is 1.39. The van der Waals surface area contributed by atoms with Crippen LogP contribution in [0.1, 0.15) is 16.2 Å². The molecule has 0 radical (unpaired) electrons. The third-order valence-electron chi connectivity index (χ3n) is 1.26. The summed E-state index contributed by atoms with van der Waals surface area (Å²) in [6, 6.07) is 0. The fourth-order valence-electron chi connectivity index (χ4n) is 0.787. The van der Waals surface area contributed by atoms with Crippen molar-refractivity contribution >= 4 is 11.9 Å². The van der Waals surface area contributed by atoms with Crippen molar-refractivity contribution in [3.05, 3.63) is 11.4 Å². The summed E-state index contributed by atoms with van der Waals surface area (Å²) in [5.74, 6) is 4.34. The minimum absolute atomic E-state index is 0.150. The van der Waals surface area contributed by atoms with Gasteiger partial charge in [-0.3, -0.25) is 4.79 Å². The molecule has 64 valence electrons. The summed E-state index contributed by atoms with van der Waals surface area (Å²) in [6.45, 7) is 1.66. The fourth-order valence-corrected chi connectivity index (χ4v) is 0.787. The zero-order chi connectivity index (χ0) is 9.14. The molecule has 0 aliphatic carbocycles. The molecule has 1 aromatic rings. The summed E-state index contributed by atoms with van der Waals surface area (Å²) < 4.78 is 0. The van der Waals surface area contributed by atoms with Gasteiger partial charge in [0.25, 0.3) is 5.91 Å². The van der Waals surface area contributed by atoms with Crippen LogP contribution in [0, 0.1) is 6.92 Å². The standard InChI is InChI=1S/C5H8N6O/c1-2-3(4(6)12)9-5(8-2)10-11-7/h1H3,(H2,6,12)(H3,7,8,9,10). The number of aryl methyl sites for hydroxylation is 1. The van der Waals surface area contributed by atoms with Crippen LogP contribution in [0.4, 0.5) is 5.95 Å². The van der Waals surface area contributed by atoms with Gasteiger partial charge < -0.3 is 16.6 Å². The molecule has 0 saturated carbocycles. The first-order valence-electron chi connectivity index (χ1n) is 3.12. The molecule has 0 bridgehead atoms. The van der Waals surface area contributed by atoms with Gasteiger partial charge in [-0.25, -0.2) is 4.98 Å². The van der Waals surface area contributed by atoms with Crippen LogP contribution >= 0.6 is 0 Å². The van der Waals surface area contributed by atoms with Crippen molar-refractivity contribution in [3.63, 3.8) is 0 Å². The predicted octanol–water partition coefficient (Wildman–Crippen LogP) is -0.226. The highest BCUT2D eigenvalue weighted by atomic mass is 16.1. The van der Waals surface area contributed by atoms with Crippen molar-refractivity contribution in [1.29, 1.82) is 0 Å². The van der Waals surface area contributed by atoms with Crippen LogP contribution in [-0.2, 0) is 0 Å². The Kier molecular flexibility index (Phi) is 2.04. The maximum atomic E-state index is 10.7. The minimum Gasteiger partial charge on any atom is -0.364 e. The van der Waals surface area contributed by atoms with Gasteiger partial charge in [0.15, 0.2) is 5.69 Å². The highest BCUT2D eigenvalue weighted by Crippen LogP contribution is 2.10. The summed E-state index contributed by atoms with van der Waals surface area (Å²) in [7, 11) is 0. The van der Waals surface area contributed by atoms with Gasteiger partial charge in [-0.05, 0) is 6.92 Å². The molecule has 0 fully saturated rings. The number of primary amides is 1. The van der Waals surface area contributed by atoms with Crippen molar-refractivity contribution in [2.24, 2.45) is 21.9 Å². The van der Waals surface area contributed by atoms with Crippen LogP contribution in [0.25, 0.3) is 0 Å². The van der Waals surface area contributed by atoms with Crippen LogP contribution in [0.15, 0.2) is 10.3 Å². The van der Waals surface area contributed by atoms with E-state index >= 15 is 0 Å². The van der Waals surface area contributed by atoms with Gasteiger partial charge >= 0.3 is 0 Å². The van der Waals surface area contributed by atoms with Crippen LogP contribution in [0.5, 0.6) is 0 Å². The summed E-state index contributed by atoms with van der Waals surface area (Å²) >= 11 is 0. The lowest BCUT2D eigenvalue weighted by molar-refractivity contribution is 0.0995. The van der Waals surface area contributed by atoms with Gasteiger partial charge in [-0.2, -0.15) is 0 Å². The first-order chi connectivity index (χ1) is 5.65. The van der Waals surface area contributed by atoms with Gasteiger partial charge in [0.2, 0.25) is 5.95 Å². The maximum Gasteiger partial charge on any atom is 0.269 e. The molecule has 0 aromatic carbocycles. The number of nitrogens with two attached hydrogens (primary N) is 2. The summed E-state index contributed by atoms with van der Waals surface area (Å²) in [6.07, 6.45) is 0. The van der Waals surface area contributed by atoms with Crippen molar-refractivity contribution < 1.29 is 4.79 Å². The monoisotopic (exact) mass is 168 g/mol. The van der Waals surface area contributed by atoms with Crippen LogP contribution in [0.3, 0.4) is 0 Å². The lowest BCUT2D eigenvalue weighted by Crippen LogP contribution is -2.12. The number of hydrogen-bond donors (Lipinski definition) is 3. The van der Waals surface area contributed by atoms with Gasteiger partial charge in [0.1, 0.15) is 0 Å². The number of aromatic amines is 1. The van der Waals surface area contributed by atoms with E-state index in [1.165, 1.54) is 0 Å². The Bertz CT molecular complexity index is 327. The number of carbonyl (C=O) groups excluding carboxylic acids is 1. The van der Waals surface area contributed by atoms with Gasteiger partial charge in [-0.1, -0.05) is 10.3 Å². The van der Waals surface area contributed by atoms with Crippen LogP contribution in [-0.4, -0.2) is 15.9 Å². The Balaban J connectivity index is 3.08. The molecule has 5 N–H and O–H groups in total. The lowest BCUT2D eigenvalue weighted by atomic mass is 10.3. The normalized spacial score (nSPS) is 10.8. The molecule has 0 aliphatic heterocycles. The molecule has 0 unspecified atom stereocenters. The Hall–Kier alpha value is -1.92. The minimum atomic E-state index is -0.609. The summed E-state index contributed by atoms with van der Waals surface area (Å²) in [5.41, 5.74) is 5.70. The number of nitrogens with zero attached hydrogens (tertiary/aromatic N) is 3. The molecule has 0 aliphatic rings. The molecule has 0 spiro atoms. The van der Waals surface area contributed by atoms with E-state index in [1.54, 1.807) is 6.92 Å².